The third-order valence-electron chi connectivity index (χ3n) is 4.67. The zero-order chi connectivity index (χ0) is 21.7. The third-order valence-corrected chi connectivity index (χ3v) is 4.67. The average molecular weight is 404 g/mol. The lowest BCUT2D eigenvalue weighted by atomic mass is 9.95. The Morgan fingerprint density at radius 1 is 1.27 bits per heavy atom. The van der Waals surface area contributed by atoms with Crippen molar-refractivity contribution in [3.05, 3.63) is 54.5 Å². The van der Waals surface area contributed by atoms with Crippen molar-refractivity contribution in [1.29, 1.82) is 5.26 Å². The number of primary amides is 1. The van der Waals surface area contributed by atoms with E-state index in [1.54, 1.807) is 37.6 Å². The van der Waals surface area contributed by atoms with Crippen molar-refractivity contribution in [1.82, 2.24) is 9.97 Å². The van der Waals surface area contributed by atoms with Crippen LogP contribution in [0, 0.1) is 17.2 Å². The van der Waals surface area contributed by atoms with Crippen LogP contribution in [0.4, 0.5) is 4.79 Å². The number of nitrogens with zero attached hydrogens (tertiary/aromatic N) is 3. The highest BCUT2D eigenvalue weighted by atomic mass is 16.6. The highest BCUT2D eigenvalue weighted by Gasteiger charge is 2.30. The number of rotatable bonds is 7. The molecule has 1 amide bonds. The van der Waals surface area contributed by atoms with Crippen LogP contribution in [0.5, 0.6) is 5.75 Å². The molecule has 154 valence electrons. The van der Waals surface area contributed by atoms with E-state index in [9.17, 15) is 10.1 Å². The Morgan fingerprint density at radius 2 is 2.07 bits per heavy atom. The first-order chi connectivity index (χ1) is 14.3. The predicted octanol–water partition coefficient (Wildman–Crippen LogP) is 4.45. The summed E-state index contributed by atoms with van der Waals surface area (Å²) >= 11 is 0. The summed E-state index contributed by atoms with van der Waals surface area (Å²) < 4.78 is 11.2. The number of hydrogen-bond donors (Lipinski definition) is 1. The van der Waals surface area contributed by atoms with Crippen LogP contribution in [0.3, 0.4) is 0 Å². The van der Waals surface area contributed by atoms with Crippen molar-refractivity contribution in [2.45, 2.75) is 32.8 Å². The van der Waals surface area contributed by atoms with Crippen LogP contribution in [-0.4, -0.2) is 28.3 Å². The molecule has 7 heteroatoms. The van der Waals surface area contributed by atoms with Gasteiger partial charge in [0.2, 0.25) is 0 Å². The molecule has 2 N–H and O–H groups in total. The van der Waals surface area contributed by atoms with Crippen molar-refractivity contribution in [2.75, 3.05) is 6.61 Å². The molecule has 0 fully saturated rings. The van der Waals surface area contributed by atoms with E-state index in [4.69, 9.17) is 15.2 Å². The van der Waals surface area contributed by atoms with Crippen LogP contribution in [-0.2, 0) is 4.74 Å². The monoisotopic (exact) mass is 404 g/mol. The number of ether oxygens (including phenoxy) is 2. The maximum atomic E-state index is 11.3. The van der Waals surface area contributed by atoms with E-state index in [1.807, 2.05) is 32.0 Å². The number of pyridine rings is 2. The van der Waals surface area contributed by atoms with Crippen LogP contribution in [0.2, 0.25) is 0 Å². The standard InChI is InChI=1S/C23H24N4O3/c1-15(2)11-23(3,30-22(25)28)14-29-21-5-4-16(10-17(21)12-24)18-6-9-27-20-7-8-26-13-19(18)20/h4-10,13,15H,11,14H2,1-3H3,(H2,25,28). The summed E-state index contributed by atoms with van der Waals surface area (Å²) in [4.78, 5) is 19.9. The fraction of sp³-hybridized carbons (Fsp3) is 0.304. The molecule has 7 nitrogen and oxygen atoms in total. The quantitative estimate of drug-likeness (QED) is 0.623. The lowest BCUT2D eigenvalue weighted by molar-refractivity contribution is -0.0186. The summed E-state index contributed by atoms with van der Waals surface area (Å²) in [6, 6.07) is 11.3. The van der Waals surface area contributed by atoms with Gasteiger partial charge in [0.05, 0.1) is 11.1 Å². The first kappa shape index (κ1) is 21.1. The lowest BCUT2D eigenvalue weighted by Crippen LogP contribution is -2.41. The second kappa shape index (κ2) is 8.78. The van der Waals surface area contributed by atoms with Gasteiger partial charge in [-0.15, -0.1) is 0 Å². The zero-order valence-electron chi connectivity index (χ0n) is 17.3. The van der Waals surface area contributed by atoms with Gasteiger partial charge in [0.15, 0.2) is 0 Å². The summed E-state index contributed by atoms with van der Waals surface area (Å²) in [5.74, 6) is 0.685. The molecule has 1 atom stereocenters. The molecular formula is C23H24N4O3. The van der Waals surface area contributed by atoms with Gasteiger partial charge >= 0.3 is 6.09 Å². The number of hydrogen-bond acceptors (Lipinski definition) is 6. The van der Waals surface area contributed by atoms with Crippen molar-refractivity contribution < 1.29 is 14.3 Å². The van der Waals surface area contributed by atoms with Crippen LogP contribution < -0.4 is 10.5 Å². The summed E-state index contributed by atoms with van der Waals surface area (Å²) in [6.45, 7) is 5.90. The zero-order valence-corrected chi connectivity index (χ0v) is 17.3. The fourth-order valence-electron chi connectivity index (χ4n) is 3.62. The number of carbonyl (C=O) groups excluding carboxylic acids is 1. The molecule has 0 bridgehead atoms. The number of carbonyl (C=O) groups is 1. The topological polar surface area (TPSA) is 111 Å². The van der Waals surface area contributed by atoms with E-state index in [0.29, 0.717) is 17.7 Å². The number of nitrogens with two attached hydrogens (primary N) is 1. The van der Waals surface area contributed by atoms with Crippen molar-refractivity contribution in [2.24, 2.45) is 11.7 Å². The van der Waals surface area contributed by atoms with Gasteiger partial charge in [0.1, 0.15) is 24.0 Å². The minimum absolute atomic E-state index is 0.0876. The second-order valence-corrected chi connectivity index (χ2v) is 7.83. The Hall–Kier alpha value is -3.66. The Morgan fingerprint density at radius 3 is 2.77 bits per heavy atom. The largest absolute Gasteiger partial charge is 0.488 e. The van der Waals surface area contributed by atoms with Crippen molar-refractivity contribution in [3.63, 3.8) is 0 Å². The summed E-state index contributed by atoms with van der Waals surface area (Å²) in [6.07, 6.45) is 4.90. The third kappa shape index (κ3) is 4.84. The summed E-state index contributed by atoms with van der Waals surface area (Å²) in [5, 5.41) is 10.6. The van der Waals surface area contributed by atoms with Gasteiger partial charge in [0.25, 0.3) is 0 Å². The lowest BCUT2D eigenvalue weighted by Gasteiger charge is -2.30. The van der Waals surface area contributed by atoms with E-state index in [0.717, 1.165) is 22.0 Å². The number of fused-ring (bicyclic) bond motifs is 1. The van der Waals surface area contributed by atoms with Crippen LogP contribution in [0.25, 0.3) is 22.0 Å². The Balaban J connectivity index is 1.89. The summed E-state index contributed by atoms with van der Waals surface area (Å²) in [7, 11) is 0. The van der Waals surface area contributed by atoms with Gasteiger partial charge in [-0.05, 0) is 54.7 Å². The van der Waals surface area contributed by atoms with E-state index < -0.39 is 11.7 Å². The minimum Gasteiger partial charge on any atom is -0.488 e. The molecule has 0 aliphatic rings. The predicted molar refractivity (Wildman–Crippen MR) is 114 cm³/mol. The number of nitriles is 1. The van der Waals surface area contributed by atoms with Gasteiger partial charge < -0.3 is 15.2 Å². The smallest absolute Gasteiger partial charge is 0.405 e. The molecule has 0 aliphatic heterocycles. The van der Waals surface area contributed by atoms with Gasteiger partial charge in [-0.1, -0.05) is 19.9 Å². The molecule has 0 spiro atoms. The van der Waals surface area contributed by atoms with E-state index >= 15 is 0 Å². The SMILES string of the molecule is CC(C)CC(C)(COc1ccc(-c2ccnc3ccncc23)cc1C#N)OC(N)=O. The maximum Gasteiger partial charge on any atom is 0.405 e. The molecule has 30 heavy (non-hydrogen) atoms. The van der Waals surface area contributed by atoms with E-state index in [1.165, 1.54) is 0 Å². The molecule has 0 aliphatic carbocycles. The molecule has 3 rings (SSSR count). The van der Waals surface area contributed by atoms with E-state index in [-0.39, 0.29) is 12.5 Å². The van der Waals surface area contributed by atoms with Gasteiger partial charge in [-0.25, -0.2) is 4.79 Å². The fourth-order valence-corrected chi connectivity index (χ4v) is 3.62. The Bertz CT molecular complexity index is 1100. The number of amides is 1. The number of aromatic nitrogens is 2. The molecule has 2 heterocycles. The molecule has 0 saturated heterocycles. The molecule has 3 aromatic rings. The molecule has 0 radical (unpaired) electrons. The first-order valence-electron chi connectivity index (χ1n) is 9.66. The second-order valence-electron chi connectivity index (χ2n) is 7.83. The van der Waals surface area contributed by atoms with Crippen LogP contribution >= 0.6 is 0 Å². The highest BCUT2D eigenvalue weighted by Crippen LogP contribution is 2.31. The highest BCUT2D eigenvalue weighted by molar-refractivity contribution is 5.93. The van der Waals surface area contributed by atoms with Crippen molar-refractivity contribution in [3.8, 4) is 22.9 Å². The maximum absolute atomic E-state index is 11.3. The number of benzene rings is 1. The minimum atomic E-state index is -0.891. The molecule has 1 aromatic carbocycles. The Kier molecular flexibility index (Phi) is 6.17. The Labute approximate surface area is 175 Å². The molecule has 2 aromatic heterocycles. The van der Waals surface area contributed by atoms with Crippen molar-refractivity contribution >= 4 is 17.0 Å². The summed E-state index contributed by atoms with van der Waals surface area (Å²) in [5.41, 5.74) is 7.34. The van der Waals surface area contributed by atoms with Gasteiger partial charge in [-0.2, -0.15) is 5.26 Å². The normalized spacial score (nSPS) is 12.9. The van der Waals surface area contributed by atoms with Crippen LogP contribution in [0.1, 0.15) is 32.8 Å². The molecular weight excluding hydrogens is 380 g/mol. The van der Waals surface area contributed by atoms with Gasteiger partial charge in [-0.3, -0.25) is 9.97 Å². The van der Waals surface area contributed by atoms with E-state index in [2.05, 4.69) is 16.0 Å². The first-order valence-corrected chi connectivity index (χ1v) is 9.66. The van der Waals surface area contributed by atoms with Gasteiger partial charge in [0, 0.05) is 24.0 Å². The molecule has 1 unspecified atom stereocenters. The van der Waals surface area contributed by atoms with Crippen LogP contribution in [0.15, 0.2) is 48.9 Å². The molecule has 0 saturated carbocycles. The average Bonchev–Trinajstić information content (AvgIpc) is 2.70.